The molecule has 1 aromatic carbocycles. The molecule has 1 saturated heterocycles. The summed E-state index contributed by atoms with van der Waals surface area (Å²) in [6, 6.07) is 6.49. The fourth-order valence-electron chi connectivity index (χ4n) is 2.01. The third-order valence-corrected chi connectivity index (χ3v) is 2.83. The number of nitrogens with one attached hydrogen (secondary N) is 3. The zero-order valence-electron chi connectivity index (χ0n) is 8.65. The van der Waals surface area contributed by atoms with Gasteiger partial charge in [0.1, 0.15) is 0 Å². The SMILES string of the molecule is O=C1NC(=O)C(O)(c2c[nH]c3ccccc23)N1. The molecule has 0 bridgehead atoms. The smallest absolute Gasteiger partial charge is 0.324 e. The van der Waals surface area contributed by atoms with Crippen LogP contribution in [0.1, 0.15) is 5.56 Å². The number of amides is 3. The van der Waals surface area contributed by atoms with Crippen molar-refractivity contribution in [2.24, 2.45) is 0 Å². The predicted octanol–water partition coefficient (Wildman–Crippen LogP) is 0.152. The maximum Gasteiger partial charge on any atom is 0.324 e. The van der Waals surface area contributed by atoms with Crippen molar-refractivity contribution in [2.75, 3.05) is 0 Å². The van der Waals surface area contributed by atoms with E-state index in [1.807, 2.05) is 17.4 Å². The van der Waals surface area contributed by atoms with Crippen LogP contribution in [0, 0.1) is 0 Å². The summed E-state index contributed by atoms with van der Waals surface area (Å²) in [5.74, 6) is -0.771. The Bertz CT molecular complexity index is 634. The van der Waals surface area contributed by atoms with Gasteiger partial charge < -0.3 is 10.1 Å². The van der Waals surface area contributed by atoms with Gasteiger partial charge in [-0.05, 0) is 6.07 Å². The Hall–Kier alpha value is -2.34. The average molecular weight is 231 g/mol. The van der Waals surface area contributed by atoms with Gasteiger partial charge in [-0.25, -0.2) is 4.79 Å². The average Bonchev–Trinajstić information content (AvgIpc) is 2.81. The lowest BCUT2D eigenvalue weighted by molar-refractivity contribution is -0.137. The zero-order valence-corrected chi connectivity index (χ0v) is 8.65. The summed E-state index contributed by atoms with van der Waals surface area (Å²) in [7, 11) is 0. The number of carbonyl (C=O) groups is 2. The van der Waals surface area contributed by atoms with Gasteiger partial charge in [0.05, 0.1) is 0 Å². The summed E-state index contributed by atoms with van der Waals surface area (Å²) in [6.07, 6.45) is 1.51. The molecule has 2 heterocycles. The highest BCUT2D eigenvalue weighted by Gasteiger charge is 2.47. The second kappa shape index (κ2) is 3.08. The number of hydrogen-bond donors (Lipinski definition) is 4. The molecular weight excluding hydrogens is 222 g/mol. The van der Waals surface area contributed by atoms with Crippen molar-refractivity contribution in [3.63, 3.8) is 0 Å². The van der Waals surface area contributed by atoms with Crippen LogP contribution in [-0.2, 0) is 10.5 Å². The van der Waals surface area contributed by atoms with E-state index in [9.17, 15) is 14.7 Å². The Morgan fingerprint density at radius 3 is 2.65 bits per heavy atom. The third kappa shape index (κ3) is 1.24. The monoisotopic (exact) mass is 231 g/mol. The highest BCUT2D eigenvalue weighted by molar-refractivity contribution is 6.08. The minimum atomic E-state index is -2.00. The van der Waals surface area contributed by atoms with Crippen LogP contribution in [0.15, 0.2) is 30.5 Å². The molecule has 3 amide bonds. The number of aliphatic hydroxyl groups is 1. The normalized spacial score (nSPS) is 23.8. The predicted molar refractivity (Wildman–Crippen MR) is 58.9 cm³/mol. The van der Waals surface area contributed by atoms with E-state index in [1.54, 1.807) is 12.1 Å². The number of para-hydroxylation sites is 1. The highest BCUT2D eigenvalue weighted by Crippen LogP contribution is 2.28. The number of urea groups is 1. The first-order chi connectivity index (χ1) is 8.11. The second-order valence-corrected chi connectivity index (χ2v) is 3.87. The molecule has 1 atom stereocenters. The number of benzene rings is 1. The molecule has 6 heteroatoms. The molecule has 1 unspecified atom stereocenters. The largest absolute Gasteiger partial charge is 0.361 e. The lowest BCUT2D eigenvalue weighted by Crippen LogP contribution is -2.43. The van der Waals surface area contributed by atoms with Crippen LogP contribution in [0.3, 0.4) is 0 Å². The van der Waals surface area contributed by atoms with E-state index >= 15 is 0 Å². The van der Waals surface area contributed by atoms with Gasteiger partial charge in [0.2, 0.25) is 5.72 Å². The van der Waals surface area contributed by atoms with Crippen molar-refractivity contribution in [3.8, 4) is 0 Å². The van der Waals surface area contributed by atoms with E-state index in [0.717, 1.165) is 5.52 Å². The Morgan fingerprint density at radius 2 is 1.94 bits per heavy atom. The maximum atomic E-state index is 11.6. The van der Waals surface area contributed by atoms with Crippen LogP contribution in [0.5, 0.6) is 0 Å². The number of imide groups is 1. The van der Waals surface area contributed by atoms with E-state index in [-0.39, 0.29) is 0 Å². The molecule has 0 aliphatic carbocycles. The Balaban J connectivity index is 2.22. The molecule has 3 rings (SSSR count). The first kappa shape index (κ1) is 9.86. The molecule has 4 N–H and O–H groups in total. The van der Waals surface area contributed by atoms with Crippen molar-refractivity contribution in [3.05, 3.63) is 36.0 Å². The third-order valence-electron chi connectivity index (χ3n) is 2.83. The zero-order chi connectivity index (χ0) is 12.0. The van der Waals surface area contributed by atoms with Gasteiger partial charge in [-0.15, -0.1) is 0 Å². The maximum absolute atomic E-state index is 11.6. The summed E-state index contributed by atoms with van der Waals surface area (Å²) >= 11 is 0. The van der Waals surface area contributed by atoms with E-state index in [0.29, 0.717) is 10.9 Å². The van der Waals surface area contributed by atoms with E-state index in [1.165, 1.54) is 6.20 Å². The molecule has 6 nitrogen and oxygen atoms in total. The van der Waals surface area contributed by atoms with Crippen LogP contribution in [0.4, 0.5) is 4.79 Å². The minimum absolute atomic E-state index is 0.330. The molecule has 17 heavy (non-hydrogen) atoms. The molecule has 0 radical (unpaired) electrons. The number of hydrogen-bond acceptors (Lipinski definition) is 3. The van der Waals surface area contributed by atoms with Crippen molar-refractivity contribution in [1.29, 1.82) is 0 Å². The fraction of sp³-hybridized carbons (Fsp3) is 0.0909. The molecule has 1 aliphatic heterocycles. The number of rotatable bonds is 1. The molecule has 0 spiro atoms. The van der Waals surface area contributed by atoms with Gasteiger partial charge in [0.25, 0.3) is 5.91 Å². The molecule has 86 valence electrons. The highest BCUT2D eigenvalue weighted by atomic mass is 16.3. The summed E-state index contributed by atoms with van der Waals surface area (Å²) in [5.41, 5.74) is -0.891. The van der Waals surface area contributed by atoms with Crippen LogP contribution in [-0.4, -0.2) is 22.0 Å². The van der Waals surface area contributed by atoms with E-state index in [2.05, 4.69) is 10.3 Å². The summed E-state index contributed by atoms with van der Waals surface area (Å²) < 4.78 is 0. The minimum Gasteiger partial charge on any atom is -0.361 e. The molecule has 2 aromatic rings. The Labute approximate surface area is 95.6 Å². The summed E-state index contributed by atoms with van der Waals surface area (Å²) in [4.78, 5) is 25.6. The number of carbonyl (C=O) groups excluding carboxylic acids is 2. The fourth-order valence-corrected chi connectivity index (χ4v) is 2.01. The van der Waals surface area contributed by atoms with Gasteiger partial charge in [-0.2, -0.15) is 0 Å². The standard InChI is InChI=1S/C11H9N3O3/c15-9-11(17,14-10(16)13-9)7-5-12-8-4-2-1-3-6(7)8/h1-5,12,17H,(H2,13,14,15,16). The molecule has 1 aromatic heterocycles. The number of aromatic nitrogens is 1. The van der Waals surface area contributed by atoms with Crippen LogP contribution < -0.4 is 10.6 Å². The lowest BCUT2D eigenvalue weighted by atomic mass is 10.0. The van der Waals surface area contributed by atoms with Gasteiger partial charge in [0, 0.05) is 22.7 Å². The van der Waals surface area contributed by atoms with Gasteiger partial charge in [-0.1, -0.05) is 18.2 Å². The van der Waals surface area contributed by atoms with E-state index < -0.39 is 17.7 Å². The number of H-pyrrole nitrogens is 1. The Kier molecular flexibility index (Phi) is 1.79. The second-order valence-electron chi connectivity index (χ2n) is 3.87. The Morgan fingerprint density at radius 1 is 1.18 bits per heavy atom. The van der Waals surface area contributed by atoms with Crippen LogP contribution in [0.2, 0.25) is 0 Å². The quantitative estimate of drug-likeness (QED) is 0.526. The van der Waals surface area contributed by atoms with Gasteiger partial charge >= 0.3 is 6.03 Å². The van der Waals surface area contributed by atoms with Gasteiger partial charge in [-0.3, -0.25) is 15.4 Å². The number of aromatic amines is 1. The molecular formula is C11H9N3O3. The van der Waals surface area contributed by atoms with Crippen molar-refractivity contribution in [1.82, 2.24) is 15.6 Å². The first-order valence-electron chi connectivity index (χ1n) is 5.04. The first-order valence-corrected chi connectivity index (χ1v) is 5.04. The van der Waals surface area contributed by atoms with Crippen LogP contribution >= 0.6 is 0 Å². The summed E-state index contributed by atoms with van der Waals surface area (Å²) in [6.45, 7) is 0. The van der Waals surface area contributed by atoms with Gasteiger partial charge in [0.15, 0.2) is 0 Å². The molecule has 1 aliphatic rings. The van der Waals surface area contributed by atoms with Crippen molar-refractivity contribution in [2.45, 2.75) is 5.72 Å². The molecule has 0 saturated carbocycles. The topological polar surface area (TPSA) is 94.2 Å². The molecule has 1 fully saturated rings. The van der Waals surface area contributed by atoms with Crippen LogP contribution in [0.25, 0.3) is 10.9 Å². The van der Waals surface area contributed by atoms with Crippen molar-refractivity contribution >= 4 is 22.8 Å². The van der Waals surface area contributed by atoms with Crippen molar-refractivity contribution < 1.29 is 14.7 Å². The lowest BCUT2D eigenvalue weighted by Gasteiger charge is -2.17. The summed E-state index contributed by atoms with van der Waals surface area (Å²) in [5, 5.41) is 15.1. The van der Waals surface area contributed by atoms with E-state index in [4.69, 9.17) is 0 Å². The number of fused-ring (bicyclic) bond motifs is 1.